The summed E-state index contributed by atoms with van der Waals surface area (Å²) in [7, 11) is 0. The number of hydrogen-bond donors (Lipinski definition) is 1. The number of nitrogens with zero attached hydrogens (tertiary/aromatic N) is 1. The van der Waals surface area contributed by atoms with Crippen LogP contribution >= 0.6 is 11.3 Å². The first kappa shape index (κ1) is 9.19. The van der Waals surface area contributed by atoms with E-state index < -0.39 is 11.4 Å². The van der Waals surface area contributed by atoms with Crippen molar-refractivity contribution >= 4 is 17.3 Å². The molecule has 12 heavy (non-hydrogen) atoms. The van der Waals surface area contributed by atoms with E-state index in [9.17, 15) is 4.79 Å². The minimum absolute atomic E-state index is 0.565. The number of rotatable bonds is 3. The van der Waals surface area contributed by atoms with E-state index in [1.807, 2.05) is 6.92 Å². The molecule has 1 rings (SSSR count). The molecule has 66 valence electrons. The summed E-state index contributed by atoms with van der Waals surface area (Å²) in [5, 5.41) is 11.4. The normalized spacial score (nSPS) is 15.5. The first-order chi connectivity index (χ1) is 5.61. The highest BCUT2D eigenvalue weighted by Gasteiger charge is 2.35. The Morgan fingerprint density at radius 2 is 2.50 bits per heavy atom. The van der Waals surface area contributed by atoms with E-state index >= 15 is 0 Å². The molecule has 1 unspecified atom stereocenters. The Morgan fingerprint density at radius 3 is 2.83 bits per heavy atom. The number of aromatic nitrogens is 1. The smallest absolute Gasteiger partial charge is 0.316 e. The van der Waals surface area contributed by atoms with Crippen LogP contribution in [-0.2, 0) is 10.2 Å². The lowest BCUT2D eigenvalue weighted by Gasteiger charge is -2.19. The Hall–Kier alpha value is -0.900. The Balaban J connectivity index is 3.04. The lowest BCUT2D eigenvalue weighted by atomic mass is 9.89. The van der Waals surface area contributed by atoms with Crippen molar-refractivity contribution in [2.75, 3.05) is 0 Å². The van der Waals surface area contributed by atoms with Crippen molar-refractivity contribution in [2.45, 2.75) is 25.7 Å². The zero-order valence-corrected chi connectivity index (χ0v) is 7.89. The molecule has 1 aromatic heterocycles. The second kappa shape index (κ2) is 3.23. The average molecular weight is 185 g/mol. The molecule has 3 nitrogen and oxygen atoms in total. The van der Waals surface area contributed by atoms with Crippen molar-refractivity contribution in [2.24, 2.45) is 0 Å². The molecule has 0 amide bonds. The van der Waals surface area contributed by atoms with Gasteiger partial charge in [0, 0.05) is 11.6 Å². The van der Waals surface area contributed by atoms with Crippen molar-refractivity contribution in [3.05, 3.63) is 16.6 Å². The van der Waals surface area contributed by atoms with Crippen LogP contribution in [0, 0.1) is 0 Å². The van der Waals surface area contributed by atoms with Gasteiger partial charge in [-0.3, -0.25) is 4.79 Å². The van der Waals surface area contributed by atoms with Gasteiger partial charge in [0.2, 0.25) is 0 Å². The predicted molar refractivity (Wildman–Crippen MR) is 47.4 cm³/mol. The van der Waals surface area contributed by atoms with Gasteiger partial charge in [-0.15, -0.1) is 11.3 Å². The van der Waals surface area contributed by atoms with E-state index in [2.05, 4.69) is 4.98 Å². The van der Waals surface area contributed by atoms with Crippen LogP contribution in [0.2, 0.25) is 0 Å². The van der Waals surface area contributed by atoms with Crippen LogP contribution in [0.15, 0.2) is 11.6 Å². The summed E-state index contributed by atoms with van der Waals surface area (Å²) in [4.78, 5) is 14.9. The number of carbonyl (C=O) groups is 1. The molecule has 0 spiro atoms. The van der Waals surface area contributed by atoms with Gasteiger partial charge in [-0.05, 0) is 13.3 Å². The van der Waals surface area contributed by atoms with Crippen molar-refractivity contribution in [3.63, 3.8) is 0 Å². The van der Waals surface area contributed by atoms with Crippen molar-refractivity contribution in [3.8, 4) is 0 Å². The third kappa shape index (κ3) is 1.34. The van der Waals surface area contributed by atoms with Crippen LogP contribution < -0.4 is 0 Å². The molecule has 0 saturated heterocycles. The zero-order chi connectivity index (χ0) is 9.19. The first-order valence-electron chi connectivity index (χ1n) is 3.74. The molecule has 0 fully saturated rings. The van der Waals surface area contributed by atoms with E-state index in [-0.39, 0.29) is 0 Å². The predicted octanol–water partition coefficient (Wildman–Crippen LogP) is 1.90. The van der Waals surface area contributed by atoms with Gasteiger partial charge in [0.1, 0.15) is 10.4 Å². The fourth-order valence-corrected chi connectivity index (χ4v) is 1.75. The van der Waals surface area contributed by atoms with Gasteiger partial charge in [0.05, 0.1) is 0 Å². The molecular weight excluding hydrogens is 174 g/mol. The van der Waals surface area contributed by atoms with Gasteiger partial charge in [-0.25, -0.2) is 4.98 Å². The molecule has 0 aliphatic rings. The number of aliphatic carboxylic acids is 1. The second-order valence-corrected chi connectivity index (χ2v) is 3.72. The summed E-state index contributed by atoms with van der Waals surface area (Å²) < 4.78 is 0. The largest absolute Gasteiger partial charge is 0.481 e. The van der Waals surface area contributed by atoms with E-state index in [1.165, 1.54) is 11.3 Å². The number of carboxylic acid groups (broad SMARTS) is 1. The van der Waals surface area contributed by atoms with E-state index in [0.717, 1.165) is 0 Å². The monoisotopic (exact) mass is 185 g/mol. The van der Waals surface area contributed by atoms with Gasteiger partial charge in [-0.1, -0.05) is 6.92 Å². The molecule has 0 bridgehead atoms. The minimum Gasteiger partial charge on any atom is -0.481 e. The molecule has 0 aliphatic heterocycles. The maximum atomic E-state index is 10.9. The molecule has 4 heteroatoms. The lowest BCUT2D eigenvalue weighted by Crippen LogP contribution is -2.31. The van der Waals surface area contributed by atoms with Crippen molar-refractivity contribution in [1.82, 2.24) is 4.98 Å². The Labute approximate surface area is 75.1 Å². The Kier molecular flexibility index (Phi) is 2.47. The molecule has 1 N–H and O–H groups in total. The maximum absolute atomic E-state index is 10.9. The number of carboxylic acids is 1. The SMILES string of the molecule is CCC(C)(C(=O)O)c1nccs1. The fraction of sp³-hybridized carbons (Fsp3) is 0.500. The van der Waals surface area contributed by atoms with Crippen molar-refractivity contribution in [1.29, 1.82) is 0 Å². The third-order valence-electron chi connectivity index (χ3n) is 2.08. The molecule has 1 atom stereocenters. The fourth-order valence-electron chi connectivity index (χ4n) is 0.890. The third-order valence-corrected chi connectivity index (χ3v) is 3.12. The quantitative estimate of drug-likeness (QED) is 0.782. The summed E-state index contributed by atoms with van der Waals surface area (Å²) in [6.07, 6.45) is 2.20. The highest BCUT2D eigenvalue weighted by Crippen LogP contribution is 2.28. The van der Waals surface area contributed by atoms with E-state index in [0.29, 0.717) is 11.4 Å². The highest BCUT2D eigenvalue weighted by molar-refractivity contribution is 7.09. The molecule has 0 saturated carbocycles. The average Bonchev–Trinajstić information content (AvgIpc) is 2.54. The lowest BCUT2D eigenvalue weighted by molar-refractivity contribution is -0.143. The van der Waals surface area contributed by atoms with Gasteiger partial charge < -0.3 is 5.11 Å². The second-order valence-electron chi connectivity index (χ2n) is 2.83. The summed E-state index contributed by atoms with van der Waals surface area (Å²) in [6, 6.07) is 0. The Morgan fingerprint density at radius 1 is 1.83 bits per heavy atom. The number of thiazole rings is 1. The standard InChI is InChI=1S/C8H11NO2S/c1-3-8(2,7(10)11)6-9-4-5-12-6/h4-5H,3H2,1-2H3,(H,10,11). The number of hydrogen-bond acceptors (Lipinski definition) is 3. The van der Waals surface area contributed by atoms with Crippen LogP contribution in [-0.4, -0.2) is 16.1 Å². The van der Waals surface area contributed by atoms with Gasteiger partial charge >= 0.3 is 5.97 Å². The molecule has 0 aromatic carbocycles. The summed E-state index contributed by atoms with van der Waals surface area (Å²) >= 11 is 1.39. The Bertz CT molecular complexity index is 271. The first-order valence-corrected chi connectivity index (χ1v) is 4.62. The molecule has 1 heterocycles. The summed E-state index contributed by atoms with van der Waals surface area (Å²) in [5.41, 5.74) is -0.811. The van der Waals surface area contributed by atoms with Crippen LogP contribution in [0.4, 0.5) is 0 Å². The minimum atomic E-state index is -0.811. The molecule has 0 aliphatic carbocycles. The van der Waals surface area contributed by atoms with E-state index in [4.69, 9.17) is 5.11 Å². The van der Waals surface area contributed by atoms with Gasteiger partial charge in [0.25, 0.3) is 0 Å². The topological polar surface area (TPSA) is 50.2 Å². The maximum Gasteiger partial charge on any atom is 0.316 e. The van der Waals surface area contributed by atoms with Crippen molar-refractivity contribution < 1.29 is 9.90 Å². The summed E-state index contributed by atoms with van der Waals surface area (Å²) in [5.74, 6) is -0.806. The molecule has 1 aromatic rings. The summed E-state index contributed by atoms with van der Waals surface area (Å²) in [6.45, 7) is 3.56. The van der Waals surface area contributed by atoms with Crippen LogP contribution in [0.3, 0.4) is 0 Å². The van der Waals surface area contributed by atoms with Crippen LogP contribution in [0.25, 0.3) is 0 Å². The van der Waals surface area contributed by atoms with Crippen LogP contribution in [0.1, 0.15) is 25.3 Å². The van der Waals surface area contributed by atoms with Crippen LogP contribution in [0.5, 0.6) is 0 Å². The highest BCUT2D eigenvalue weighted by atomic mass is 32.1. The molecule has 0 radical (unpaired) electrons. The zero-order valence-electron chi connectivity index (χ0n) is 7.07. The van der Waals surface area contributed by atoms with Gasteiger partial charge in [0.15, 0.2) is 0 Å². The molecular formula is C8H11NO2S. The van der Waals surface area contributed by atoms with E-state index in [1.54, 1.807) is 18.5 Å². The van der Waals surface area contributed by atoms with Gasteiger partial charge in [-0.2, -0.15) is 0 Å².